The molecule has 0 fully saturated rings. The van der Waals surface area contributed by atoms with E-state index in [1.165, 1.54) is 26.2 Å². The van der Waals surface area contributed by atoms with Crippen molar-refractivity contribution in [1.82, 2.24) is 5.32 Å². The molecule has 2 rings (SSSR count). The number of hydrogen-bond donors (Lipinski definition) is 1. The van der Waals surface area contributed by atoms with Crippen molar-refractivity contribution < 1.29 is 23.5 Å². The lowest BCUT2D eigenvalue weighted by Crippen LogP contribution is -2.28. The first-order valence-corrected chi connectivity index (χ1v) is 7.79. The van der Waals surface area contributed by atoms with Crippen molar-refractivity contribution in [2.24, 2.45) is 0 Å². The molecule has 1 atom stereocenters. The van der Waals surface area contributed by atoms with Crippen LogP contribution in [0.3, 0.4) is 0 Å². The minimum Gasteiger partial charge on any atom is -0.494 e. The summed E-state index contributed by atoms with van der Waals surface area (Å²) in [6.45, 7) is 1.34. The number of methoxy groups -OCH3 is 1. The van der Waals surface area contributed by atoms with Gasteiger partial charge in [-0.3, -0.25) is 9.59 Å². The van der Waals surface area contributed by atoms with E-state index in [9.17, 15) is 14.0 Å². The summed E-state index contributed by atoms with van der Waals surface area (Å²) < 4.78 is 23.7. The Balaban J connectivity index is 1.97. The van der Waals surface area contributed by atoms with Crippen LogP contribution >= 0.6 is 0 Å². The third kappa shape index (κ3) is 5.60. The lowest BCUT2D eigenvalue weighted by molar-refractivity contribution is -0.145. The zero-order valence-electron chi connectivity index (χ0n) is 14.1. The minimum atomic E-state index is -0.517. The van der Waals surface area contributed by atoms with Crippen molar-refractivity contribution in [3.05, 3.63) is 65.5 Å². The van der Waals surface area contributed by atoms with E-state index < -0.39 is 17.8 Å². The number of hydrogen-bond acceptors (Lipinski definition) is 4. The summed E-state index contributed by atoms with van der Waals surface area (Å²) in [4.78, 5) is 23.5. The van der Waals surface area contributed by atoms with Crippen molar-refractivity contribution in [2.75, 3.05) is 7.11 Å². The van der Waals surface area contributed by atoms with Gasteiger partial charge in [0.1, 0.15) is 6.61 Å². The van der Waals surface area contributed by atoms with Crippen LogP contribution in [0.5, 0.6) is 5.75 Å². The topological polar surface area (TPSA) is 64.6 Å². The van der Waals surface area contributed by atoms with Gasteiger partial charge >= 0.3 is 5.97 Å². The SMILES string of the molecule is COc1ccc(COC(=O)C[C@H](NC(C)=O)c2ccccc2)cc1F. The first-order chi connectivity index (χ1) is 12.0. The third-order valence-corrected chi connectivity index (χ3v) is 3.57. The van der Waals surface area contributed by atoms with Gasteiger partial charge in [-0.1, -0.05) is 36.4 Å². The van der Waals surface area contributed by atoms with Crippen LogP contribution in [0.25, 0.3) is 0 Å². The molecule has 0 saturated carbocycles. The van der Waals surface area contributed by atoms with E-state index in [1.54, 1.807) is 6.07 Å². The standard InChI is InChI=1S/C19H20FNO4/c1-13(22)21-17(15-6-4-3-5-7-15)11-19(23)25-12-14-8-9-18(24-2)16(20)10-14/h3-10,17H,11-12H2,1-2H3,(H,21,22)/t17-/m0/s1. The number of rotatable bonds is 7. The smallest absolute Gasteiger partial charge is 0.308 e. The molecule has 2 aromatic carbocycles. The Morgan fingerprint density at radius 2 is 1.88 bits per heavy atom. The van der Waals surface area contributed by atoms with Crippen LogP contribution in [-0.2, 0) is 20.9 Å². The monoisotopic (exact) mass is 345 g/mol. The van der Waals surface area contributed by atoms with E-state index in [1.807, 2.05) is 30.3 Å². The average molecular weight is 345 g/mol. The number of carbonyl (C=O) groups excluding carboxylic acids is 2. The average Bonchev–Trinajstić information content (AvgIpc) is 2.60. The predicted octanol–water partition coefficient (Wildman–Crippen LogP) is 3.15. The number of amides is 1. The molecular formula is C19H20FNO4. The maximum Gasteiger partial charge on any atom is 0.308 e. The van der Waals surface area contributed by atoms with Gasteiger partial charge in [-0.2, -0.15) is 0 Å². The van der Waals surface area contributed by atoms with E-state index in [4.69, 9.17) is 9.47 Å². The van der Waals surface area contributed by atoms with Gasteiger partial charge in [0.05, 0.1) is 19.6 Å². The zero-order chi connectivity index (χ0) is 18.2. The molecule has 5 nitrogen and oxygen atoms in total. The molecule has 0 aromatic heterocycles. The molecule has 0 saturated heterocycles. The van der Waals surface area contributed by atoms with E-state index in [-0.39, 0.29) is 24.7 Å². The molecule has 0 unspecified atom stereocenters. The highest BCUT2D eigenvalue weighted by Gasteiger charge is 2.18. The van der Waals surface area contributed by atoms with Crippen LogP contribution in [0.2, 0.25) is 0 Å². The molecule has 0 bridgehead atoms. The van der Waals surface area contributed by atoms with Crippen molar-refractivity contribution in [3.63, 3.8) is 0 Å². The second-order valence-electron chi connectivity index (χ2n) is 5.50. The fourth-order valence-corrected chi connectivity index (χ4v) is 2.37. The molecule has 6 heteroatoms. The molecule has 0 aliphatic carbocycles. The molecule has 0 radical (unpaired) electrons. The Kier molecular flexibility index (Phi) is 6.51. The normalized spacial score (nSPS) is 11.5. The molecule has 1 amide bonds. The van der Waals surface area contributed by atoms with Gasteiger partial charge in [0.15, 0.2) is 11.6 Å². The quantitative estimate of drug-likeness (QED) is 0.783. The van der Waals surface area contributed by atoms with Crippen LogP contribution in [-0.4, -0.2) is 19.0 Å². The largest absolute Gasteiger partial charge is 0.494 e. The lowest BCUT2D eigenvalue weighted by Gasteiger charge is -2.17. The van der Waals surface area contributed by atoms with Crippen LogP contribution < -0.4 is 10.1 Å². The summed E-state index contributed by atoms with van der Waals surface area (Å²) in [5, 5.41) is 2.73. The molecule has 25 heavy (non-hydrogen) atoms. The van der Waals surface area contributed by atoms with E-state index in [0.717, 1.165) is 5.56 Å². The Hall–Kier alpha value is -2.89. The van der Waals surface area contributed by atoms with Crippen molar-refractivity contribution in [3.8, 4) is 5.75 Å². The maximum atomic E-state index is 13.6. The fraction of sp³-hybridized carbons (Fsp3) is 0.263. The molecular weight excluding hydrogens is 325 g/mol. The summed E-state index contributed by atoms with van der Waals surface area (Å²) in [7, 11) is 1.38. The summed E-state index contributed by atoms with van der Waals surface area (Å²) >= 11 is 0. The summed E-state index contributed by atoms with van der Waals surface area (Å²) in [6, 6.07) is 13.0. The van der Waals surface area contributed by atoms with Crippen LogP contribution in [0.1, 0.15) is 30.5 Å². The van der Waals surface area contributed by atoms with Crippen molar-refractivity contribution in [2.45, 2.75) is 26.0 Å². The Morgan fingerprint density at radius 1 is 1.16 bits per heavy atom. The number of carbonyl (C=O) groups is 2. The van der Waals surface area contributed by atoms with Crippen molar-refractivity contribution >= 4 is 11.9 Å². The molecule has 0 spiro atoms. The Labute approximate surface area is 145 Å². The number of halogens is 1. The first-order valence-electron chi connectivity index (χ1n) is 7.79. The van der Waals surface area contributed by atoms with E-state index in [0.29, 0.717) is 5.56 Å². The van der Waals surface area contributed by atoms with Gasteiger partial charge in [-0.25, -0.2) is 4.39 Å². The molecule has 132 valence electrons. The van der Waals surface area contributed by atoms with Crippen LogP contribution in [0.4, 0.5) is 4.39 Å². The zero-order valence-corrected chi connectivity index (χ0v) is 14.1. The van der Waals surface area contributed by atoms with Crippen molar-refractivity contribution in [1.29, 1.82) is 0 Å². The van der Waals surface area contributed by atoms with Gasteiger partial charge in [0.2, 0.25) is 5.91 Å². The van der Waals surface area contributed by atoms with Gasteiger partial charge in [0.25, 0.3) is 0 Å². The van der Waals surface area contributed by atoms with Crippen LogP contribution in [0, 0.1) is 5.82 Å². The number of nitrogens with one attached hydrogen (secondary N) is 1. The van der Waals surface area contributed by atoms with Gasteiger partial charge in [-0.05, 0) is 23.3 Å². The second kappa shape index (κ2) is 8.82. The van der Waals surface area contributed by atoms with Gasteiger partial charge in [0, 0.05) is 6.92 Å². The number of ether oxygens (including phenoxy) is 2. The second-order valence-corrected chi connectivity index (χ2v) is 5.50. The summed E-state index contributed by atoms with van der Waals surface area (Å²) in [6.07, 6.45) is -0.0117. The lowest BCUT2D eigenvalue weighted by atomic mass is 10.0. The van der Waals surface area contributed by atoms with Crippen LogP contribution in [0.15, 0.2) is 48.5 Å². The first kappa shape index (κ1) is 18.4. The number of esters is 1. The summed E-state index contributed by atoms with van der Waals surface area (Å²) in [5.41, 5.74) is 1.33. The highest BCUT2D eigenvalue weighted by atomic mass is 19.1. The molecule has 0 aliphatic rings. The minimum absolute atomic E-state index is 0.0117. The van der Waals surface area contributed by atoms with Gasteiger partial charge in [-0.15, -0.1) is 0 Å². The summed E-state index contributed by atoms with van der Waals surface area (Å²) in [5.74, 6) is -1.11. The Bertz CT molecular complexity index is 733. The molecule has 0 aliphatic heterocycles. The van der Waals surface area contributed by atoms with E-state index >= 15 is 0 Å². The highest BCUT2D eigenvalue weighted by molar-refractivity contribution is 5.76. The Morgan fingerprint density at radius 3 is 2.48 bits per heavy atom. The predicted molar refractivity (Wildman–Crippen MR) is 90.4 cm³/mol. The number of benzene rings is 2. The highest BCUT2D eigenvalue weighted by Crippen LogP contribution is 2.20. The molecule has 2 aromatic rings. The molecule has 1 N–H and O–H groups in total. The van der Waals surface area contributed by atoms with E-state index in [2.05, 4.69) is 5.32 Å². The molecule has 0 heterocycles. The maximum absolute atomic E-state index is 13.6. The van der Waals surface area contributed by atoms with Gasteiger partial charge < -0.3 is 14.8 Å². The third-order valence-electron chi connectivity index (χ3n) is 3.57. The fourth-order valence-electron chi connectivity index (χ4n) is 2.37.